The van der Waals surface area contributed by atoms with E-state index in [0.29, 0.717) is 33.0 Å². The van der Waals surface area contributed by atoms with Crippen molar-refractivity contribution in [2.45, 2.75) is 37.8 Å². The SMILES string of the molecule is O=C(NC1CCCC1)C(c1cccs1)N(C(=O)c1cc2ccccc2oc1=O)c1ccc2c(c1)OCO2. The van der Waals surface area contributed by atoms with Gasteiger partial charge in [0, 0.05) is 28.1 Å². The number of para-hydroxylation sites is 1. The Morgan fingerprint density at radius 2 is 1.78 bits per heavy atom. The number of nitrogens with one attached hydrogen (secondary N) is 1. The van der Waals surface area contributed by atoms with Crippen LogP contribution in [0.25, 0.3) is 11.0 Å². The van der Waals surface area contributed by atoms with E-state index in [9.17, 15) is 14.4 Å². The molecule has 1 unspecified atom stereocenters. The minimum Gasteiger partial charge on any atom is -0.454 e. The number of carbonyl (C=O) groups excluding carboxylic acids is 2. The Kier molecular flexibility index (Phi) is 6.13. The molecular formula is C28H24N2O6S. The fourth-order valence-electron chi connectivity index (χ4n) is 4.93. The van der Waals surface area contributed by atoms with E-state index in [-0.39, 0.29) is 24.3 Å². The van der Waals surface area contributed by atoms with E-state index in [1.165, 1.54) is 22.3 Å². The lowest BCUT2D eigenvalue weighted by molar-refractivity contribution is -0.123. The summed E-state index contributed by atoms with van der Waals surface area (Å²) in [6.07, 6.45) is 3.90. The molecule has 1 N–H and O–H groups in total. The van der Waals surface area contributed by atoms with Gasteiger partial charge in [-0.1, -0.05) is 37.1 Å². The summed E-state index contributed by atoms with van der Waals surface area (Å²) in [7, 11) is 0. The third-order valence-corrected chi connectivity index (χ3v) is 7.67. The van der Waals surface area contributed by atoms with E-state index >= 15 is 0 Å². The molecule has 0 spiro atoms. The van der Waals surface area contributed by atoms with E-state index in [4.69, 9.17) is 13.9 Å². The number of hydrogen-bond acceptors (Lipinski definition) is 7. The van der Waals surface area contributed by atoms with E-state index in [1.807, 2.05) is 17.5 Å². The molecular weight excluding hydrogens is 492 g/mol. The molecule has 9 heteroatoms. The molecule has 1 fully saturated rings. The van der Waals surface area contributed by atoms with Crippen LogP contribution in [-0.4, -0.2) is 24.6 Å². The Labute approximate surface area is 216 Å². The molecule has 1 aliphatic heterocycles. The molecule has 0 bridgehead atoms. The van der Waals surface area contributed by atoms with Crippen LogP contribution in [-0.2, 0) is 4.79 Å². The second-order valence-electron chi connectivity index (χ2n) is 9.11. The lowest BCUT2D eigenvalue weighted by atomic mass is 10.1. The van der Waals surface area contributed by atoms with Crippen LogP contribution in [0.1, 0.15) is 47.0 Å². The van der Waals surface area contributed by atoms with Crippen LogP contribution in [0.2, 0.25) is 0 Å². The highest BCUT2D eigenvalue weighted by Gasteiger charge is 2.37. The Balaban J connectivity index is 1.49. The number of ether oxygens (including phenoxy) is 2. The standard InChI is InChI=1S/C28H24N2O6S/c31-26(29-18-7-2-3-8-18)25(24-10-5-13-37-24)30(19-11-12-22-23(15-19)35-16-34-22)27(32)20-14-17-6-1-4-9-21(17)36-28(20)33/h1,4-6,9-15,18,25H,2-3,7-8,16H2,(H,29,31). The highest BCUT2D eigenvalue weighted by atomic mass is 32.1. The van der Waals surface area contributed by atoms with Crippen molar-refractivity contribution in [1.29, 1.82) is 0 Å². The van der Waals surface area contributed by atoms with Gasteiger partial charge in [0.15, 0.2) is 17.5 Å². The lowest BCUT2D eigenvalue weighted by Gasteiger charge is -2.31. The number of fused-ring (bicyclic) bond motifs is 2. The van der Waals surface area contributed by atoms with Gasteiger partial charge in [-0.15, -0.1) is 11.3 Å². The van der Waals surface area contributed by atoms with Gasteiger partial charge < -0.3 is 19.2 Å². The first-order chi connectivity index (χ1) is 18.1. The molecule has 3 heterocycles. The molecule has 1 saturated carbocycles. The highest BCUT2D eigenvalue weighted by molar-refractivity contribution is 7.10. The van der Waals surface area contributed by atoms with Crippen molar-refractivity contribution in [2.75, 3.05) is 11.7 Å². The van der Waals surface area contributed by atoms with Crippen molar-refractivity contribution in [1.82, 2.24) is 5.32 Å². The van der Waals surface area contributed by atoms with Gasteiger partial charge in [0.2, 0.25) is 12.7 Å². The van der Waals surface area contributed by atoms with E-state index in [1.54, 1.807) is 42.5 Å². The fourth-order valence-corrected chi connectivity index (χ4v) is 5.74. The molecule has 8 nitrogen and oxygen atoms in total. The summed E-state index contributed by atoms with van der Waals surface area (Å²) in [4.78, 5) is 43.1. The van der Waals surface area contributed by atoms with Crippen LogP contribution in [0.5, 0.6) is 11.5 Å². The molecule has 0 radical (unpaired) electrons. The van der Waals surface area contributed by atoms with Gasteiger partial charge in [0.25, 0.3) is 5.91 Å². The Morgan fingerprint density at radius 1 is 0.973 bits per heavy atom. The summed E-state index contributed by atoms with van der Waals surface area (Å²) in [5.74, 6) is 0.0651. The number of anilines is 1. The van der Waals surface area contributed by atoms with Gasteiger partial charge in [-0.25, -0.2) is 4.79 Å². The number of rotatable bonds is 6. The quantitative estimate of drug-likeness (QED) is 0.361. The summed E-state index contributed by atoms with van der Waals surface area (Å²) in [6, 6.07) is 16.3. The zero-order valence-electron chi connectivity index (χ0n) is 19.8. The van der Waals surface area contributed by atoms with Crippen molar-refractivity contribution < 1.29 is 23.5 Å². The zero-order chi connectivity index (χ0) is 25.4. The van der Waals surface area contributed by atoms with Crippen LogP contribution in [0.15, 0.2) is 75.3 Å². The number of carbonyl (C=O) groups is 2. The third kappa shape index (κ3) is 4.46. The maximum absolute atomic E-state index is 14.2. The Bertz CT molecular complexity index is 1520. The second kappa shape index (κ2) is 9.74. The molecule has 6 rings (SSSR count). The van der Waals surface area contributed by atoms with Gasteiger partial charge in [-0.2, -0.15) is 0 Å². The van der Waals surface area contributed by atoms with Gasteiger partial charge in [0.05, 0.1) is 0 Å². The first-order valence-electron chi connectivity index (χ1n) is 12.2. The summed E-state index contributed by atoms with van der Waals surface area (Å²) in [6.45, 7) is 0.0670. The summed E-state index contributed by atoms with van der Waals surface area (Å²) >= 11 is 1.37. The number of benzene rings is 2. The normalized spacial score (nSPS) is 15.6. The number of thiophene rings is 1. The van der Waals surface area contributed by atoms with Crippen molar-refractivity contribution in [3.05, 3.63) is 86.9 Å². The number of amides is 2. The molecule has 0 saturated heterocycles. The molecule has 1 atom stereocenters. The van der Waals surface area contributed by atoms with Crippen molar-refractivity contribution in [2.24, 2.45) is 0 Å². The smallest absolute Gasteiger partial charge is 0.349 e. The molecule has 2 aromatic carbocycles. The van der Waals surface area contributed by atoms with Crippen molar-refractivity contribution in [3.8, 4) is 11.5 Å². The first kappa shape index (κ1) is 23.3. The van der Waals surface area contributed by atoms with Gasteiger partial charge in [-0.05, 0) is 48.6 Å². The average molecular weight is 517 g/mol. The first-order valence-corrected chi connectivity index (χ1v) is 13.1. The van der Waals surface area contributed by atoms with Crippen LogP contribution in [0, 0.1) is 0 Å². The van der Waals surface area contributed by atoms with Gasteiger partial charge in [0.1, 0.15) is 11.1 Å². The van der Waals surface area contributed by atoms with Crippen molar-refractivity contribution in [3.63, 3.8) is 0 Å². The fraction of sp³-hybridized carbons (Fsp3) is 0.250. The van der Waals surface area contributed by atoms with Crippen LogP contribution in [0.3, 0.4) is 0 Å². The summed E-state index contributed by atoms with van der Waals surface area (Å²) in [5, 5.41) is 5.61. The van der Waals surface area contributed by atoms with Crippen LogP contribution < -0.4 is 25.3 Å². The predicted octanol–water partition coefficient (Wildman–Crippen LogP) is 5.03. The topological polar surface area (TPSA) is 98.1 Å². The maximum Gasteiger partial charge on any atom is 0.349 e. The maximum atomic E-state index is 14.2. The van der Waals surface area contributed by atoms with Gasteiger partial charge >= 0.3 is 5.63 Å². The lowest BCUT2D eigenvalue weighted by Crippen LogP contribution is -2.47. The van der Waals surface area contributed by atoms with E-state index in [0.717, 1.165) is 25.7 Å². The molecule has 4 aromatic rings. The zero-order valence-corrected chi connectivity index (χ0v) is 20.7. The largest absolute Gasteiger partial charge is 0.454 e. The predicted molar refractivity (Wildman–Crippen MR) is 139 cm³/mol. The molecule has 2 aromatic heterocycles. The summed E-state index contributed by atoms with van der Waals surface area (Å²) in [5.41, 5.74) is -0.142. The molecule has 2 amide bonds. The second-order valence-corrected chi connectivity index (χ2v) is 10.1. The molecule has 1 aliphatic carbocycles. The van der Waals surface area contributed by atoms with Crippen molar-refractivity contribution >= 4 is 39.8 Å². The molecule has 37 heavy (non-hydrogen) atoms. The van der Waals surface area contributed by atoms with E-state index in [2.05, 4.69) is 5.32 Å². The highest BCUT2D eigenvalue weighted by Crippen LogP contribution is 2.39. The van der Waals surface area contributed by atoms with Gasteiger partial charge in [-0.3, -0.25) is 14.5 Å². The minimum absolute atomic E-state index is 0.0504. The monoisotopic (exact) mass is 516 g/mol. The molecule has 188 valence electrons. The number of hydrogen-bond donors (Lipinski definition) is 1. The molecule has 2 aliphatic rings. The summed E-state index contributed by atoms with van der Waals surface area (Å²) < 4.78 is 16.5. The van der Waals surface area contributed by atoms with E-state index < -0.39 is 17.6 Å². The van der Waals surface area contributed by atoms with Crippen LogP contribution >= 0.6 is 11.3 Å². The Hall–Kier alpha value is -4.11. The third-order valence-electron chi connectivity index (χ3n) is 6.75. The minimum atomic E-state index is -1.00. The number of nitrogens with zero attached hydrogens (tertiary/aromatic N) is 1. The van der Waals surface area contributed by atoms with Crippen LogP contribution in [0.4, 0.5) is 5.69 Å². The average Bonchev–Trinajstić information content (AvgIpc) is 3.69. The Morgan fingerprint density at radius 3 is 2.59 bits per heavy atom.